The molecule has 74 valence electrons. The molecule has 0 aromatic heterocycles. The van der Waals surface area contributed by atoms with Gasteiger partial charge in [0.15, 0.2) is 0 Å². The van der Waals surface area contributed by atoms with Gasteiger partial charge in [0.25, 0.3) is 0 Å². The van der Waals surface area contributed by atoms with Crippen molar-refractivity contribution in [2.75, 3.05) is 0 Å². The van der Waals surface area contributed by atoms with Gasteiger partial charge in [-0.3, -0.25) is 9.59 Å². The van der Waals surface area contributed by atoms with Crippen molar-refractivity contribution in [1.82, 2.24) is 0 Å². The smallest absolute Gasteiger partial charge is 0.310 e. The molecule has 0 radical (unpaired) electrons. The van der Waals surface area contributed by atoms with Gasteiger partial charge in [0, 0.05) is 0 Å². The largest absolute Gasteiger partial charge is 0.481 e. The molecule has 0 aromatic rings. The van der Waals surface area contributed by atoms with Crippen LogP contribution in [0.5, 0.6) is 0 Å². The summed E-state index contributed by atoms with van der Waals surface area (Å²) in [5.74, 6) is -1.98. The van der Waals surface area contributed by atoms with E-state index in [1.807, 2.05) is 0 Å². The monoisotopic (exact) mass is 186 g/mol. The quantitative estimate of drug-likeness (QED) is 0.697. The average Bonchev–Trinajstić information content (AvgIpc) is 2.02. The van der Waals surface area contributed by atoms with Crippen LogP contribution >= 0.6 is 0 Å². The van der Waals surface area contributed by atoms with Gasteiger partial charge in [0.1, 0.15) is 0 Å². The first-order chi connectivity index (χ1) is 5.90. The summed E-state index contributed by atoms with van der Waals surface area (Å²) in [6.45, 7) is 3.25. The Hall–Kier alpha value is -1.06. The molecule has 0 amide bonds. The van der Waals surface area contributed by atoms with Crippen LogP contribution in [0.15, 0.2) is 0 Å². The zero-order valence-electron chi connectivity index (χ0n) is 7.83. The highest BCUT2D eigenvalue weighted by Gasteiger charge is 2.64. The fraction of sp³-hybridized carbons (Fsp3) is 0.778. The number of carboxylic acid groups (broad SMARTS) is 2. The van der Waals surface area contributed by atoms with Gasteiger partial charge in [-0.2, -0.15) is 0 Å². The van der Waals surface area contributed by atoms with Crippen LogP contribution in [0, 0.1) is 10.8 Å². The third-order valence-electron chi connectivity index (χ3n) is 3.59. The molecule has 2 N–H and O–H groups in total. The number of carbonyl (C=O) groups is 2. The molecule has 1 rings (SSSR count). The van der Waals surface area contributed by atoms with E-state index in [-0.39, 0.29) is 0 Å². The SMILES string of the molecule is CCC1(C(=O)O)CCC1(C)C(=O)O. The van der Waals surface area contributed by atoms with Crippen LogP contribution in [-0.2, 0) is 9.59 Å². The highest BCUT2D eigenvalue weighted by atomic mass is 16.4. The van der Waals surface area contributed by atoms with Gasteiger partial charge < -0.3 is 10.2 Å². The highest BCUT2D eigenvalue weighted by molar-refractivity contribution is 5.88. The van der Waals surface area contributed by atoms with Crippen molar-refractivity contribution in [2.45, 2.75) is 33.1 Å². The van der Waals surface area contributed by atoms with Gasteiger partial charge in [-0.1, -0.05) is 6.92 Å². The predicted octanol–water partition coefficient (Wildman–Crippen LogP) is 1.35. The summed E-state index contributed by atoms with van der Waals surface area (Å²) in [4.78, 5) is 21.9. The number of rotatable bonds is 3. The van der Waals surface area contributed by atoms with Crippen molar-refractivity contribution in [1.29, 1.82) is 0 Å². The highest BCUT2D eigenvalue weighted by Crippen LogP contribution is 2.58. The van der Waals surface area contributed by atoms with Crippen LogP contribution in [0.1, 0.15) is 33.1 Å². The molecule has 0 heterocycles. The van der Waals surface area contributed by atoms with E-state index in [0.717, 1.165) is 0 Å². The number of hydrogen-bond donors (Lipinski definition) is 2. The van der Waals surface area contributed by atoms with Gasteiger partial charge in [-0.15, -0.1) is 0 Å². The summed E-state index contributed by atoms with van der Waals surface area (Å²) in [7, 11) is 0. The Labute approximate surface area is 76.6 Å². The molecule has 0 bridgehead atoms. The fourth-order valence-corrected chi connectivity index (χ4v) is 2.17. The molecule has 4 heteroatoms. The number of hydrogen-bond acceptors (Lipinski definition) is 2. The third kappa shape index (κ3) is 0.975. The molecule has 1 saturated carbocycles. The van der Waals surface area contributed by atoms with Gasteiger partial charge in [0.05, 0.1) is 10.8 Å². The Morgan fingerprint density at radius 1 is 1.23 bits per heavy atom. The second-order valence-electron chi connectivity index (χ2n) is 3.88. The maximum absolute atomic E-state index is 11.0. The second kappa shape index (κ2) is 2.72. The molecule has 1 aliphatic rings. The van der Waals surface area contributed by atoms with Gasteiger partial charge in [0.2, 0.25) is 0 Å². The van der Waals surface area contributed by atoms with Crippen LogP contribution in [0.3, 0.4) is 0 Å². The molecule has 2 atom stereocenters. The summed E-state index contributed by atoms with van der Waals surface area (Å²) in [5, 5.41) is 17.9. The topological polar surface area (TPSA) is 74.6 Å². The lowest BCUT2D eigenvalue weighted by Gasteiger charge is -2.51. The minimum Gasteiger partial charge on any atom is -0.481 e. The standard InChI is InChI=1S/C9H14O4/c1-3-9(7(12)13)5-4-8(9,2)6(10)11/h3-5H2,1-2H3,(H,10,11)(H,12,13). The van der Waals surface area contributed by atoms with Crippen LogP contribution in [0.4, 0.5) is 0 Å². The molecule has 1 aliphatic carbocycles. The Kier molecular flexibility index (Phi) is 2.10. The summed E-state index contributed by atoms with van der Waals surface area (Å²) in [6.07, 6.45) is 1.31. The van der Waals surface area contributed by atoms with E-state index in [2.05, 4.69) is 0 Å². The lowest BCUT2D eigenvalue weighted by molar-refractivity contribution is -0.190. The molecular weight excluding hydrogens is 172 g/mol. The first-order valence-electron chi connectivity index (χ1n) is 4.37. The molecule has 0 saturated heterocycles. The van der Waals surface area contributed by atoms with Crippen LogP contribution < -0.4 is 0 Å². The van der Waals surface area contributed by atoms with Crippen molar-refractivity contribution in [3.8, 4) is 0 Å². The minimum absolute atomic E-state index is 0.380. The third-order valence-corrected chi connectivity index (χ3v) is 3.59. The van der Waals surface area contributed by atoms with Crippen molar-refractivity contribution in [2.24, 2.45) is 10.8 Å². The van der Waals surface area contributed by atoms with Crippen molar-refractivity contribution >= 4 is 11.9 Å². The predicted molar refractivity (Wildman–Crippen MR) is 45.3 cm³/mol. The number of carboxylic acids is 2. The Bertz CT molecular complexity index is 256. The minimum atomic E-state index is -1.08. The van der Waals surface area contributed by atoms with Crippen LogP contribution in [0.25, 0.3) is 0 Å². The van der Waals surface area contributed by atoms with Crippen LogP contribution in [-0.4, -0.2) is 22.2 Å². The summed E-state index contributed by atoms with van der Waals surface area (Å²) >= 11 is 0. The first kappa shape index (κ1) is 10.0. The van der Waals surface area contributed by atoms with E-state index in [0.29, 0.717) is 19.3 Å². The molecule has 0 aromatic carbocycles. The summed E-state index contributed by atoms with van der Waals surface area (Å²) < 4.78 is 0. The Balaban J connectivity index is 3.04. The lowest BCUT2D eigenvalue weighted by atomic mass is 9.49. The van der Waals surface area contributed by atoms with Crippen molar-refractivity contribution < 1.29 is 19.8 Å². The van der Waals surface area contributed by atoms with E-state index >= 15 is 0 Å². The Morgan fingerprint density at radius 2 is 1.77 bits per heavy atom. The molecule has 0 aliphatic heterocycles. The average molecular weight is 186 g/mol. The van der Waals surface area contributed by atoms with E-state index in [9.17, 15) is 9.59 Å². The van der Waals surface area contributed by atoms with Gasteiger partial charge >= 0.3 is 11.9 Å². The zero-order chi connectivity index (χ0) is 10.3. The molecule has 13 heavy (non-hydrogen) atoms. The molecule has 1 fully saturated rings. The van der Waals surface area contributed by atoms with Gasteiger partial charge in [-0.05, 0) is 26.2 Å². The van der Waals surface area contributed by atoms with E-state index in [1.165, 1.54) is 6.92 Å². The summed E-state index contributed by atoms with van der Waals surface area (Å²) in [5.41, 5.74) is -2.12. The fourth-order valence-electron chi connectivity index (χ4n) is 2.17. The Morgan fingerprint density at radius 3 is 1.85 bits per heavy atom. The van der Waals surface area contributed by atoms with E-state index < -0.39 is 22.8 Å². The second-order valence-corrected chi connectivity index (χ2v) is 3.88. The van der Waals surface area contributed by atoms with E-state index in [4.69, 9.17) is 10.2 Å². The van der Waals surface area contributed by atoms with E-state index in [1.54, 1.807) is 6.92 Å². The maximum Gasteiger partial charge on any atom is 0.310 e. The number of aliphatic carboxylic acids is 2. The van der Waals surface area contributed by atoms with Crippen LogP contribution in [0.2, 0.25) is 0 Å². The normalized spacial score (nSPS) is 38.0. The maximum atomic E-state index is 11.0. The van der Waals surface area contributed by atoms with Crippen molar-refractivity contribution in [3.05, 3.63) is 0 Å². The van der Waals surface area contributed by atoms with Gasteiger partial charge in [-0.25, -0.2) is 0 Å². The zero-order valence-corrected chi connectivity index (χ0v) is 7.83. The first-order valence-corrected chi connectivity index (χ1v) is 4.37. The lowest BCUT2D eigenvalue weighted by Crippen LogP contribution is -2.58. The molecule has 0 spiro atoms. The summed E-state index contributed by atoms with van der Waals surface area (Å²) in [6, 6.07) is 0. The molecular formula is C9H14O4. The molecule has 4 nitrogen and oxygen atoms in total. The van der Waals surface area contributed by atoms with Crippen molar-refractivity contribution in [3.63, 3.8) is 0 Å². The molecule has 2 unspecified atom stereocenters.